The van der Waals surface area contributed by atoms with Crippen LogP contribution in [0.15, 0.2) is 41.3 Å². The SMILES string of the molecule is COc1cc(C=C2SC(=S)NC2=O)cc(I)c1OCCOc1ccccc1C. The monoisotopic (exact) mass is 527 g/mol. The molecule has 1 aliphatic rings. The molecule has 1 aliphatic heterocycles. The van der Waals surface area contributed by atoms with Crippen molar-refractivity contribution in [1.29, 1.82) is 0 Å². The number of ether oxygens (including phenoxy) is 3. The lowest BCUT2D eigenvalue weighted by Crippen LogP contribution is -2.17. The van der Waals surface area contributed by atoms with Gasteiger partial charge in [-0.3, -0.25) is 4.79 Å². The van der Waals surface area contributed by atoms with Crippen LogP contribution >= 0.6 is 46.6 Å². The van der Waals surface area contributed by atoms with Crippen LogP contribution in [0.4, 0.5) is 0 Å². The van der Waals surface area contributed by atoms with Gasteiger partial charge in [-0.1, -0.05) is 42.2 Å². The Morgan fingerprint density at radius 1 is 1.18 bits per heavy atom. The number of hydrogen-bond acceptors (Lipinski definition) is 6. The molecular weight excluding hydrogens is 509 g/mol. The molecule has 146 valence electrons. The highest BCUT2D eigenvalue weighted by Gasteiger charge is 2.22. The summed E-state index contributed by atoms with van der Waals surface area (Å²) in [6, 6.07) is 11.6. The van der Waals surface area contributed by atoms with Crippen LogP contribution in [0.25, 0.3) is 6.08 Å². The first-order chi connectivity index (χ1) is 13.5. The standard InChI is InChI=1S/C20H18INO4S2/c1-12-5-3-4-6-15(12)25-7-8-26-18-14(21)9-13(10-16(18)24-2)11-17-19(23)22-20(27)28-17/h3-6,9-11H,7-8H2,1-2H3,(H,22,23,27). The molecule has 0 atom stereocenters. The molecule has 28 heavy (non-hydrogen) atoms. The summed E-state index contributed by atoms with van der Waals surface area (Å²) in [5, 5.41) is 2.61. The molecule has 2 aromatic carbocycles. The number of carbonyl (C=O) groups excluding carboxylic acids is 1. The van der Waals surface area contributed by atoms with Crippen LogP contribution in [0.2, 0.25) is 0 Å². The van der Waals surface area contributed by atoms with E-state index in [1.54, 1.807) is 13.2 Å². The molecule has 2 aromatic rings. The Balaban J connectivity index is 1.68. The summed E-state index contributed by atoms with van der Waals surface area (Å²) in [5.74, 6) is 1.91. The normalized spacial score (nSPS) is 14.9. The average molecular weight is 527 g/mol. The van der Waals surface area contributed by atoms with Crippen molar-refractivity contribution < 1.29 is 19.0 Å². The highest BCUT2D eigenvalue weighted by molar-refractivity contribution is 14.1. The number of benzene rings is 2. The van der Waals surface area contributed by atoms with Gasteiger partial charge >= 0.3 is 0 Å². The van der Waals surface area contributed by atoms with Crippen LogP contribution in [0.1, 0.15) is 11.1 Å². The van der Waals surface area contributed by atoms with E-state index < -0.39 is 0 Å². The zero-order valence-corrected chi connectivity index (χ0v) is 19.1. The molecular formula is C20H18INO4S2. The van der Waals surface area contributed by atoms with Gasteiger partial charge in [0.05, 0.1) is 15.6 Å². The van der Waals surface area contributed by atoms with Crippen molar-refractivity contribution >= 4 is 62.9 Å². The Morgan fingerprint density at radius 2 is 1.93 bits per heavy atom. The third-order valence-electron chi connectivity index (χ3n) is 3.87. The topological polar surface area (TPSA) is 56.8 Å². The smallest absolute Gasteiger partial charge is 0.263 e. The molecule has 1 saturated heterocycles. The molecule has 0 aliphatic carbocycles. The number of para-hydroxylation sites is 1. The van der Waals surface area contributed by atoms with Crippen LogP contribution in [-0.2, 0) is 4.79 Å². The van der Waals surface area contributed by atoms with Gasteiger partial charge in [0.25, 0.3) is 5.91 Å². The molecule has 1 N–H and O–H groups in total. The van der Waals surface area contributed by atoms with E-state index in [9.17, 15) is 4.79 Å². The maximum Gasteiger partial charge on any atom is 0.263 e. The zero-order chi connectivity index (χ0) is 20.1. The van der Waals surface area contributed by atoms with E-state index in [1.165, 1.54) is 11.8 Å². The molecule has 8 heteroatoms. The molecule has 0 bridgehead atoms. The number of thioether (sulfide) groups is 1. The highest BCUT2D eigenvalue weighted by Crippen LogP contribution is 2.36. The Kier molecular flexibility index (Phi) is 7.19. The first-order valence-corrected chi connectivity index (χ1v) is 10.7. The van der Waals surface area contributed by atoms with Crippen molar-refractivity contribution in [3.63, 3.8) is 0 Å². The van der Waals surface area contributed by atoms with Crippen LogP contribution < -0.4 is 19.5 Å². The summed E-state index contributed by atoms with van der Waals surface area (Å²) in [4.78, 5) is 12.4. The van der Waals surface area contributed by atoms with Gasteiger partial charge in [-0.25, -0.2) is 0 Å². The van der Waals surface area contributed by atoms with E-state index in [1.807, 2.05) is 43.3 Å². The summed E-state index contributed by atoms with van der Waals surface area (Å²) >= 11 is 8.46. The number of nitrogens with one attached hydrogen (secondary N) is 1. The van der Waals surface area contributed by atoms with E-state index in [-0.39, 0.29) is 5.91 Å². The Morgan fingerprint density at radius 3 is 2.61 bits per heavy atom. The van der Waals surface area contributed by atoms with Crippen molar-refractivity contribution in [2.45, 2.75) is 6.92 Å². The maximum atomic E-state index is 11.9. The number of amides is 1. The van der Waals surface area contributed by atoms with Gasteiger partial charge in [0.1, 0.15) is 23.3 Å². The van der Waals surface area contributed by atoms with E-state index in [4.69, 9.17) is 26.4 Å². The predicted molar refractivity (Wildman–Crippen MR) is 124 cm³/mol. The molecule has 3 rings (SSSR count). The van der Waals surface area contributed by atoms with E-state index in [2.05, 4.69) is 27.9 Å². The molecule has 1 heterocycles. The Bertz CT molecular complexity index is 946. The number of methoxy groups -OCH3 is 1. The maximum absolute atomic E-state index is 11.9. The first-order valence-electron chi connectivity index (χ1n) is 8.41. The number of halogens is 1. The molecule has 0 saturated carbocycles. The minimum Gasteiger partial charge on any atom is -0.493 e. The van der Waals surface area contributed by atoms with Crippen molar-refractivity contribution in [1.82, 2.24) is 5.32 Å². The summed E-state index contributed by atoms with van der Waals surface area (Å²) in [7, 11) is 1.59. The summed E-state index contributed by atoms with van der Waals surface area (Å²) in [6.45, 7) is 2.81. The first kappa shape index (κ1) is 20.9. The fourth-order valence-electron chi connectivity index (χ4n) is 2.55. The lowest BCUT2D eigenvalue weighted by Gasteiger charge is -2.14. The molecule has 0 aromatic heterocycles. The second-order valence-electron chi connectivity index (χ2n) is 5.85. The molecule has 1 fully saturated rings. The lowest BCUT2D eigenvalue weighted by atomic mass is 10.2. The summed E-state index contributed by atoms with van der Waals surface area (Å²) in [6.07, 6.45) is 1.79. The molecule has 0 spiro atoms. The molecule has 1 amide bonds. The van der Waals surface area contributed by atoms with Crippen molar-refractivity contribution in [2.24, 2.45) is 0 Å². The van der Waals surface area contributed by atoms with Gasteiger partial charge in [0.15, 0.2) is 11.5 Å². The number of rotatable bonds is 7. The number of thiocarbonyl (C=S) groups is 1. The van der Waals surface area contributed by atoms with Gasteiger partial charge < -0.3 is 19.5 Å². The summed E-state index contributed by atoms with van der Waals surface area (Å²) < 4.78 is 18.5. The quantitative estimate of drug-likeness (QED) is 0.247. The largest absolute Gasteiger partial charge is 0.493 e. The Hall–Kier alpha value is -1.78. The van der Waals surface area contributed by atoms with Gasteiger partial charge in [0, 0.05) is 0 Å². The second kappa shape index (κ2) is 9.62. The zero-order valence-electron chi connectivity index (χ0n) is 15.3. The fraction of sp³-hybridized carbons (Fsp3) is 0.200. The van der Waals surface area contributed by atoms with Crippen molar-refractivity contribution in [3.8, 4) is 17.2 Å². The van der Waals surface area contributed by atoms with E-state index >= 15 is 0 Å². The molecule has 0 radical (unpaired) electrons. The second-order valence-corrected chi connectivity index (χ2v) is 8.73. The van der Waals surface area contributed by atoms with E-state index in [0.717, 1.165) is 20.4 Å². The molecule has 5 nitrogen and oxygen atoms in total. The minimum absolute atomic E-state index is 0.183. The Labute approximate surface area is 187 Å². The summed E-state index contributed by atoms with van der Waals surface area (Å²) in [5.41, 5.74) is 1.92. The average Bonchev–Trinajstić information content (AvgIpc) is 2.98. The highest BCUT2D eigenvalue weighted by atomic mass is 127. The van der Waals surface area contributed by atoms with Crippen molar-refractivity contribution in [3.05, 3.63) is 56.0 Å². The lowest BCUT2D eigenvalue weighted by molar-refractivity contribution is -0.115. The van der Waals surface area contributed by atoms with Gasteiger partial charge in [-0.2, -0.15) is 0 Å². The third kappa shape index (κ3) is 5.18. The third-order valence-corrected chi connectivity index (χ3v) is 5.84. The van der Waals surface area contributed by atoms with Gasteiger partial charge in [0.2, 0.25) is 0 Å². The van der Waals surface area contributed by atoms with Crippen LogP contribution in [-0.4, -0.2) is 30.6 Å². The van der Waals surface area contributed by atoms with Gasteiger partial charge in [-0.05, 0) is 64.9 Å². The van der Waals surface area contributed by atoms with Crippen LogP contribution in [0, 0.1) is 10.5 Å². The number of carbonyl (C=O) groups is 1. The number of aryl methyl sites for hydroxylation is 1. The predicted octanol–water partition coefficient (Wildman–Crippen LogP) is 4.55. The van der Waals surface area contributed by atoms with E-state index in [0.29, 0.717) is 33.9 Å². The number of hydrogen-bond donors (Lipinski definition) is 1. The van der Waals surface area contributed by atoms with Crippen LogP contribution in [0.3, 0.4) is 0 Å². The fourth-order valence-corrected chi connectivity index (χ4v) is 4.37. The van der Waals surface area contributed by atoms with Crippen LogP contribution in [0.5, 0.6) is 17.2 Å². The molecule has 0 unspecified atom stereocenters. The van der Waals surface area contributed by atoms with Gasteiger partial charge in [-0.15, -0.1) is 0 Å². The van der Waals surface area contributed by atoms with Crippen molar-refractivity contribution in [2.75, 3.05) is 20.3 Å². The minimum atomic E-state index is -0.183.